The smallest absolute Gasteiger partial charge is 0.325 e. The fourth-order valence-electron chi connectivity index (χ4n) is 3.59. The van der Waals surface area contributed by atoms with Crippen LogP contribution in [0.25, 0.3) is 6.08 Å². The van der Waals surface area contributed by atoms with Crippen LogP contribution in [0.2, 0.25) is 0 Å². The maximum Gasteiger partial charge on any atom is 0.325 e. The second kappa shape index (κ2) is 13.2. The highest BCUT2D eigenvalue weighted by molar-refractivity contribution is 5.97. The summed E-state index contributed by atoms with van der Waals surface area (Å²) < 4.78 is 4.85. The third kappa shape index (κ3) is 8.56. The molecule has 0 aromatic heterocycles. The number of carbonyl (C=O) groups is 4. The molecule has 1 aliphatic heterocycles. The number of hydrogen-bond acceptors (Lipinski definition) is 5. The van der Waals surface area contributed by atoms with Crippen LogP contribution in [0.1, 0.15) is 38.7 Å². The number of carbonyl (C=O) groups excluding carboxylic acids is 4. The van der Waals surface area contributed by atoms with E-state index in [1.54, 1.807) is 6.08 Å². The molecular formula is C25H33N3O5. The molecule has 0 unspecified atom stereocenters. The minimum absolute atomic E-state index is 0.0606. The van der Waals surface area contributed by atoms with Gasteiger partial charge in [-0.25, -0.2) is 0 Å². The molecule has 0 bridgehead atoms. The molecule has 2 atom stereocenters. The van der Waals surface area contributed by atoms with Gasteiger partial charge in [-0.3, -0.25) is 19.2 Å². The van der Waals surface area contributed by atoms with E-state index < -0.39 is 24.0 Å². The summed E-state index contributed by atoms with van der Waals surface area (Å²) in [4.78, 5) is 51.5. The summed E-state index contributed by atoms with van der Waals surface area (Å²) in [7, 11) is 0. The number of hydrogen-bond donors (Lipinski definition) is 2. The van der Waals surface area contributed by atoms with Gasteiger partial charge in [0.15, 0.2) is 0 Å². The molecule has 3 amide bonds. The van der Waals surface area contributed by atoms with Crippen LogP contribution in [0.15, 0.2) is 49.1 Å². The number of rotatable bonds is 11. The van der Waals surface area contributed by atoms with Crippen molar-refractivity contribution in [2.75, 3.05) is 19.7 Å². The largest absolute Gasteiger partial charge is 0.460 e. The standard InChI is InChI=1S/C25H33N3O5/c1-4-15-33-23(30)17-26-24(31)20(16-18(2)3)27-25(32)21-11-8-14-28(21)22(29)13-12-19-9-6-5-7-10-19/h4-7,9-10,12-13,18,20-21H,1,8,11,14-17H2,2-3H3,(H,26,31)(H,27,32)/b13-12+/t20-,21+/m0/s1. The van der Waals surface area contributed by atoms with E-state index in [9.17, 15) is 19.2 Å². The van der Waals surface area contributed by atoms with Crippen LogP contribution in [-0.4, -0.2) is 60.4 Å². The SMILES string of the molecule is C=CCOC(=O)CNC(=O)[C@H](CC(C)C)NC(=O)[C@H]1CCCN1C(=O)/C=C/c1ccccc1. The lowest BCUT2D eigenvalue weighted by Crippen LogP contribution is -2.53. The molecule has 1 aromatic rings. The molecule has 2 N–H and O–H groups in total. The maximum absolute atomic E-state index is 13.0. The Morgan fingerprint density at radius 3 is 2.61 bits per heavy atom. The van der Waals surface area contributed by atoms with Gasteiger partial charge in [-0.15, -0.1) is 0 Å². The number of nitrogens with one attached hydrogen (secondary N) is 2. The second-order valence-electron chi connectivity index (χ2n) is 8.31. The summed E-state index contributed by atoms with van der Waals surface area (Å²) in [6.45, 7) is 7.57. The van der Waals surface area contributed by atoms with Gasteiger partial charge in [0, 0.05) is 12.6 Å². The van der Waals surface area contributed by atoms with Crippen LogP contribution in [0.4, 0.5) is 0 Å². The summed E-state index contributed by atoms with van der Waals surface area (Å²) in [5.41, 5.74) is 0.895. The molecule has 0 saturated carbocycles. The first-order chi connectivity index (χ1) is 15.8. The predicted molar refractivity (Wildman–Crippen MR) is 126 cm³/mol. The number of ether oxygens (including phenoxy) is 1. The summed E-state index contributed by atoms with van der Waals surface area (Å²) in [5, 5.41) is 5.29. The normalized spacial score (nSPS) is 16.5. The molecule has 1 heterocycles. The third-order valence-electron chi connectivity index (χ3n) is 5.17. The van der Waals surface area contributed by atoms with E-state index >= 15 is 0 Å². The molecule has 1 fully saturated rings. The average Bonchev–Trinajstić information content (AvgIpc) is 3.30. The topological polar surface area (TPSA) is 105 Å². The Labute approximate surface area is 195 Å². The predicted octanol–water partition coefficient (Wildman–Crippen LogP) is 2.07. The van der Waals surface area contributed by atoms with E-state index in [1.807, 2.05) is 44.2 Å². The van der Waals surface area contributed by atoms with Gasteiger partial charge in [0.05, 0.1) is 0 Å². The monoisotopic (exact) mass is 455 g/mol. The highest BCUT2D eigenvalue weighted by atomic mass is 16.5. The van der Waals surface area contributed by atoms with E-state index in [0.717, 1.165) is 5.56 Å². The molecule has 0 spiro atoms. The van der Waals surface area contributed by atoms with Crippen molar-refractivity contribution in [1.82, 2.24) is 15.5 Å². The van der Waals surface area contributed by atoms with Gasteiger partial charge < -0.3 is 20.3 Å². The quantitative estimate of drug-likeness (QED) is 0.302. The molecule has 178 valence electrons. The number of nitrogens with zero attached hydrogens (tertiary/aromatic N) is 1. The highest BCUT2D eigenvalue weighted by Crippen LogP contribution is 2.19. The number of amides is 3. The Morgan fingerprint density at radius 1 is 1.21 bits per heavy atom. The summed E-state index contributed by atoms with van der Waals surface area (Å²) in [6, 6.07) is 7.99. The van der Waals surface area contributed by atoms with Crippen molar-refractivity contribution in [3.63, 3.8) is 0 Å². The summed E-state index contributed by atoms with van der Waals surface area (Å²) in [5.74, 6) is -1.54. The van der Waals surface area contributed by atoms with Gasteiger partial charge >= 0.3 is 5.97 Å². The lowest BCUT2D eigenvalue weighted by atomic mass is 10.0. The molecular weight excluding hydrogens is 422 g/mol. The van der Waals surface area contributed by atoms with Gasteiger partial charge in [0.2, 0.25) is 17.7 Å². The van der Waals surface area contributed by atoms with Crippen LogP contribution < -0.4 is 10.6 Å². The molecule has 1 aliphatic rings. The van der Waals surface area contributed by atoms with Crippen molar-refractivity contribution in [3.05, 3.63) is 54.6 Å². The summed E-state index contributed by atoms with van der Waals surface area (Å²) in [6.07, 6.45) is 6.25. The zero-order valence-electron chi connectivity index (χ0n) is 19.3. The van der Waals surface area contributed by atoms with E-state index in [-0.39, 0.29) is 30.9 Å². The third-order valence-corrected chi connectivity index (χ3v) is 5.17. The molecule has 2 rings (SSSR count). The average molecular weight is 456 g/mol. The Balaban J connectivity index is 1.99. The number of likely N-dealkylation sites (tertiary alicyclic amines) is 1. The first-order valence-electron chi connectivity index (χ1n) is 11.2. The molecule has 0 radical (unpaired) electrons. The van der Waals surface area contributed by atoms with Crippen LogP contribution in [0, 0.1) is 5.92 Å². The lowest BCUT2D eigenvalue weighted by molar-refractivity contribution is -0.143. The molecule has 1 saturated heterocycles. The Hall–Kier alpha value is -3.42. The molecule has 8 heteroatoms. The lowest BCUT2D eigenvalue weighted by Gasteiger charge is -2.26. The van der Waals surface area contributed by atoms with Crippen molar-refractivity contribution < 1.29 is 23.9 Å². The molecule has 33 heavy (non-hydrogen) atoms. The number of esters is 1. The zero-order valence-corrected chi connectivity index (χ0v) is 19.3. The number of benzene rings is 1. The van der Waals surface area contributed by atoms with Crippen LogP contribution >= 0.6 is 0 Å². The minimum atomic E-state index is -0.817. The van der Waals surface area contributed by atoms with E-state index in [1.165, 1.54) is 17.1 Å². The van der Waals surface area contributed by atoms with E-state index in [4.69, 9.17) is 4.74 Å². The van der Waals surface area contributed by atoms with Gasteiger partial charge in [-0.2, -0.15) is 0 Å². The first kappa shape index (κ1) is 25.8. The second-order valence-corrected chi connectivity index (χ2v) is 8.31. The Kier molecular flexibility index (Phi) is 10.3. The Morgan fingerprint density at radius 2 is 1.94 bits per heavy atom. The van der Waals surface area contributed by atoms with Crippen molar-refractivity contribution in [2.45, 2.75) is 45.2 Å². The van der Waals surface area contributed by atoms with Crippen molar-refractivity contribution >= 4 is 29.8 Å². The fraction of sp³-hybridized carbons (Fsp3) is 0.440. The first-order valence-corrected chi connectivity index (χ1v) is 11.2. The van der Waals surface area contributed by atoms with Crippen LogP contribution in [0.5, 0.6) is 0 Å². The maximum atomic E-state index is 13.0. The van der Waals surface area contributed by atoms with Gasteiger partial charge in [-0.1, -0.05) is 56.8 Å². The van der Waals surface area contributed by atoms with Gasteiger partial charge in [-0.05, 0) is 36.8 Å². The van der Waals surface area contributed by atoms with Crippen molar-refractivity contribution in [3.8, 4) is 0 Å². The highest BCUT2D eigenvalue weighted by Gasteiger charge is 2.35. The Bertz CT molecular complexity index is 866. The van der Waals surface area contributed by atoms with Crippen molar-refractivity contribution in [2.24, 2.45) is 5.92 Å². The van der Waals surface area contributed by atoms with Gasteiger partial charge in [0.25, 0.3) is 0 Å². The zero-order chi connectivity index (χ0) is 24.2. The van der Waals surface area contributed by atoms with Crippen LogP contribution in [0.3, 0.4) is 0 Å². The minimum Gasteiger partial charge on any atom is -0.460 e. The molecule has 0 aliphatic carbocycles. The van der Waals surface area contributed by atoms with Crippen molar-refractivity contribution in [1.29, 1.82) is 0 Å². The molecule has 1 aromatic carbocycles. The van der Waals surface area contributed by atoms with E-state index in [2.05, 4.69) is 17.2 Å². The summed E-state index contributed by atoms with van der Waals surface area (Å²) >= 11 is 0. The fourth-order valence-corrected chi connectivity index (χ4v) is 3.59. The van der Waals surface area contributed by atoms with Gasteiger partial charge in [0.1, 0.15) is 25.2 Å². The van der Waals surface area contributed by atoms with E-state index in [0.29, 0.717) is 25.8 Å². The molecule has 8 nitrogen and oxygen atoms in total. The van der Waals surface area contributed by atoms with Crippen LogP contribution in [-0.2, 0) is 23.9 Å².